The fraction of sp³-hybridized carbons (Fsp3) is 0.394. The first-order valence-electron chi connectivity index (χ1n) is 13.8. The average molecular weight is 541 g/mol. The molecule has 0 radical (unpaired) electrons. The van der Waals surface area contributed by atoms with E-state index in [2.05, 4.69) is 60.1 Å². The van der Waals surface area contributed by atoms with Gasteiger partial charge in [0.05, 0.1) is 36.1 Å². The van der Waals surface area contributed by atoms with E-state index in [1.165, 1.54) is 11.1 Å². The van der Waals surface area contributed by atoms with Gasteiger partial charge in [0.1, 0.15) is 17.4 Å². The average Bonchev–Trinajstić information content (AvgIpc) is 3.48. The minimum Gasteiger partial charge on any atom is -0.488 e. The molecule has 5 rings (SSSR count). The molecule has 3 aromatic rings. The Morgan fingerprint density at radius 3 is 2.67 bits per heavy atom. The van der Waals surface area contributed by atoms with Gasteiger partial charge in [-0.15, -0.1) is 17.3 Å². The number of aryl methyl sites for hydroxylation is 1. The standard InChI is InChI=1S/C33H36N2O3S/c1-4-8-27(21-32(36)37-5-2)25-11-13-28(14-12-25)38-23-30-24(3)34-31(39-30)22-35-19-17-33(18-20-35)16-15-26-9-6-7-10-29(26)33/h6-7,9-16,27H,5,17-23H2,1-3H3/t27-/m0/s1. The highest BCUT2D eigenvalue weighted by Gasteiger charge is 2.37. The number of esters is 1. The van der Waals surface area contributed by atoms with E-state index < -0.39 is 0 Å². The number of carbonyl (C=O) groups excluding carboxylic acids is 1. The molecule has 0 unspecified atom stereocenters. The van der Waals surface area contributed by atoms with Crippen LogP contribution in [0.3, 0.4) is 0 Å². The Labute approximate surface area is 235 Å². The molecule has 1 saturated heterocycles. The lowest BCUT2D eigenvalue weighted by Crippen LogP contribution is -2.40. The second-order valence-electron chi connectivity index (χ2n) is 10.3. The van der Waals surface area contributed by atoms with Crippen LogP contribution in [0, 0.1) is 18.8 Å². The number of hydrogen-bond donors (Lipinski definition) is 0. The number of fused-ring (bicyclic) bond motifs is 2. The molecule has 1 aliphatic heterocycles. The second kappa shape index (κ2) is 12.2. The van der Waals surface area contributed by atoms with E-state index in [1.807, 2.05) is 31.2 Å². The Morgan fingerprint density at radius 1 is 1.15 bits per heavy atom. The molecule has 0 amide bonds. The van der Waals surface area contributed by atoms with Gasteiger partial charge in [-0.1, -0.05) is 54.5 Å². The monoisotopic (exact) mass is 540 g/mol. The number of ether oxygens (including phenoxy) is 2. The van der Waals surface area contributed by atoms with Crippen LogP contribution in [-0.2, 0) is 28.1 Å². The molecule has 0 saturated carbocycles. The fourth-order valence-corrected chi connectivity index (χ4v) is 6.65. The highest BCUT2D eigenvalue weighted by atomic mass is 32.1. The molecule has 1 atom stereocenters. The van der Waals surface area contributed by atoms with Gasteiger partial charge < -0.3 is 9.47 Å². The van der Waals surface area contributed by atoms with E-state index in [0.717, 1.165) is 59.4 Å². The van der Waals surface area contributed by atoms with Gasteiger partial charge in [0.25, 0.3) is 0 Å². The zero-order valence-corrected chi connectivity index (χ0v) is 23.9. The number of piperidine rings is 1. The number of hydrogen-bond acceptors (Lipinski definition) is 6. The zero-order chi connectivity index (χ0) is 27.2. The third-order valence-electron chi connectivity index (χ3n) is 7.77. The second-order valence-corrected chi connectivity index (χ2v) is 11.5. The molecule has 1 spiro atoms. The number of allylic oxidation sites excluding steroid dienone is 1. The van der Waals surface area contributed by atoms with Gasteiger partial charge in [-0.05, 0) is 75.5 Å². The van der Waals surface area contributed by atoms with Crippen LogP contribution in [0.4, 0.5) is 0 Å². The predicted molar refractivity (Wildman–Crippen MR) is 157 cm³/mol. The molecule has 1 fully saturated rings. The Balaban J connectivity index is 1.14. The van der Waals surface area contributed by atoms with Gasteiger partial charge in [-0.25, -0.2) is 4.98 Å². The summed E-state index contributed by atoms with van der Waals surface area (Å²) in [5.74, 6) is 6.43. The van der Waals surface area contributed by atoms with E-state index >= 15 is 0 Å². The molecule has 0 N–H and O–H groups in total. The molecule has 2 aromatic carbocycles. The molecule has 2 aliphatic rings. The number of likely N-dealkylation sites (tertiary alicyclic amines) is 1. The molecule has 0 bridgehead atoms. The maximum absolute atomic E-state index is 12.0. The lowest BCUT2D eigenvalue weighted by atomic mass is 9.74. The van der Waals surface area contributed by atoms with Gasteiger partial charge in [0.2, 0.25) is 0 Å². The summed E-state index contributed by atoms with van der Waals surface area (Å²) in [5.41, 5.74) is 5.12. The van der Waals surface area contributed by atoms with E-state index in [0.29, 0.717) is 13.2 Å². The highest BCUT2D eigenvalue weighted by Crippen LogP contribution is 2.43. The quantitative estimate of drug-likeness (QED) is 0.225. The molecule has 202 valence electrons. The molecule has 2 heterocycles. The van der Waals surface area contributed by atoms with Crippen LogP contribution < -0.4 is 4.74 Å². The smallest absolute Gasteiger partial charge is 0.307 e. The van der Waals surface area contributed by atoms with E-state index in [4.69, 9.17) is 14.5 Å². The van der Waals surface area contributed by atoms with Crippen molar-refractivity contribution in [2.45, 2.75) is 64.5 Å². The Morgan fingerprint density at radius 2 is 1.92 bits per heavy atom. The summed E-state index contributed by atoms with van der Waals surface area (Å²) < 4.78 is 11.2. The van der Waals surface area contributed by atoms with Crippen molar-refractivity contribution in [2.24, 2.45) is 0 Å². The molecule has 6 heteroatoms. The van der Waals surface area contributed by atoms with Crippen LogP contribution >= 0.6 is 11.3 Å². The summed E-state index contributed by atoms with van der Waals surface area (Å²) in [4.78, 5) is 20.5. The number of carbonyl (C=O) groups is 1. The lowest BCUT2D eigenvalue weighted by Gasteiger charge is -2.39. The van der Waals surface area contributed by atoms with Gasteiger partial charge >= 0.3 is 5.97 Å². The number of benzene rings is 2. The van der Waals surface area contributed by atoms with E-state index in [9.17, 15) is 4.79 Å². The van der Waals surface area contributed by atoms with Crippen molar-refractivity contribution in [3.8, 4) is 17.6 Å². The maximum Gasteiger partial charge on any atom is 0.307 e. The highest BCUT2D eigenvalue weighted by molar-refractivity contribution is 7.11. The van der Waals surface area contributed by atoms with Crippen molar-refractivity contribution in [3.05, 3.63) is 86.9 Å². The van der Waals surface area contributed by atoms with Crippen molar-refractivity contribution >= 4 is 23.4 Å². The summed E-state index contributed by atoms with van der Waals surface area (Å²) in [5, 5.41) is 1.15. The normalized spacial score (nSPS) is 16.4. The van der Waals surface area contributed by atoms with Crippen molar-refractivity contribution in [1.82, 2.24) is 9.88 Å². The fourth-order valence-electron chi connectivity index (χ4n) is 5.62. The topological polar surface area (TPSA) is 51.7 Å². The Bertz CT molecular complexity index is 1390. The number of aromatic nitrogens is 1. The maximum atomic E-state index is 12.0. The third-order valence-corrected chi connectivity index (χ3v) is 8.89. The number of thiazole rings is 1. The number of nitrogens with zero attached hydrogens (tertiary/aromatic N) is 2. The molecular formula is C33H36N2O3S. The van der Waals surface area contributed by atoms with Gasteiger partial charge in [-0.3, -0.25) is 9.69 Å². The van der Waals surface area contributed by atoms with E-state index in [1.54, 1.807) is 18.3 Å². The van der Waals surface area contributed by atoms with Crippen molar-refractivity contribution in [1.29, 1.82) is 0 Å². The molecule has 1 aromatic heterocycles. The summed E-state index contributed by atoms with van der Waals surface area (Å²) >= 11 is 1.75. The summed E-state index contributed by atoms with van der Waals surface area (Å²) in [6.07, 6.45) is 7.29. The van der Waals surface area contributed by atoms with Gasteiger partial charge in [0.15, 0.2) is 0 Å². The SMILES string of the molecule is CC#C[C@@H](CC(=O)OCC)c1ccc(OCc2sc(CN3CCC4(C=Cc5ccccc54)CC3)nc2C)cc1. The summed E-state index contributed by atoms with van der Waals surface area (Å²) in [6.45, 7) is 9.59. The molecule has 1 aliphatic carbocycles. The Hall–Kier alpha value is -3.40. The van der Waals surface area contributed by atoms with Crippen molar-refractivity contribution < 1.29 is 14.3 Å². The zero-order valence-electron chi connectivity index (χ0n) is 23.0. The lowest BCUT2D eigenvalue weighted by molar-refractivity contribution is -0.143. The van der Waals surface area contributed by atoms with Crippen LogP contribution in [0.25, 0.3) is 6.08 Å². The Kier molecular flexibility index (Phi) is 8.50. The molecule has 39 heavy (non-hydrogen) atoms. The van der Waals surface area contributed by atoms with Gasteiger partial charge in [0, 0.05) is 5.41 Å². The van der Waals surface area contributed by atoms with Crippen LogP contribution in [0.15, 0.2) is 54.6 Å². The first kappa shape index (κ1) is 27.2. The minimum atomic E-state index is -0.230. The van der Waals surface area contributed by atoms with Crippen LogP contribution in [0.5, 0.6) is 5.75 Å². The predicted octanol–water partition coefficient (Wildman–Crippen LogP) is 6.65. The third kappa shape index (κ3) is 6.27. The van der Waals surface area contributed by atoms with Crippen molar-refractivity contribution in [3.63, 3.8) is 0 Å². The minimum absolute atomic E-state index is 0.182. The van der Waals surface area contributed by atoms with Crippen LogP contribution in [-0.4, -0.2) is 35.5 Å². The first-order valence-corrected chi connectivity index (χ1v) is 14.6. The summed E-state index contributed by atoms with van der Waals surface area (Å²) in [7, 11) is 0. The number of rotatable bonds is 9. The largest absolute Gasteiger partial charge is 0.488 e. The first-order chi connectivity index (χ1) is 19.0. The van der Waals surface area contributed by atoms with E-state index in [-0.39, 0.29) is 23.7 Å². The molecular weight excluding hydrogens is 504 g/mol. The molecule has 5 nitrogen and oxygen atoms in total. The van der Waals surface area contributed by atoms with Crippen LogP contribution in [0.2, 0.25) is 0 Å². The van der Waals surface area contributed by atoms with Gasteiger partial charge in [-0.2, -0.15) is 0 Å². The van der Waals surface area contributed by atoms with Crippen molar-refractivity contribution in [2.75, 3.05) is 19.7 Å². The summed E-state index contributed by atoms with van der Waals surface area (Å²) in [6, 6.07) is 16.7. The van der Waals surface area contributed by atoms with Crippen LogP contribution in [0.1, 0.15) is 71.3 Å².